The standard InChI is InChI=1S/C12H13F2NO4/c1-12(2,3)19-11(18)15-6-4-7(10(16)17)9(14)8(13)5-6/h4-5H,1-3H3,(H,15,18)(H,16,17). The van der Waals surface area contributed by atoms with Gasteiger partial charge in [-0.2, -0.15) is 0 Å². The van der Waals surface area contributed by atoms with Crippen LogP contribution in [0.3, 0.4) is 0 Å². The Morgan fingerprint density at radius 3 is 2.32 bits per heavy atom. The fraction of sp³-hybridized carbons (Fsp3) is 0.333. The Hall–Kier alpha value is -2.18. The Balaban J connectivity index is 2.97. The maximum absolute atomic E-state index is 13.2. The van der Waals surface area contributed by atoms with Gasteiger partial charge in [0.1, 0.15) is 11.2 Å². The van der Waals surface area contributed by atoms with E-state index in [1.165, 1.54) is 0 Å². The van der Waals surface area contributed by atoms with Gasteiger partial charge in [0.25, 0.3) is 0 Å². The molecule has 19 heavy (non-hydrogen) atoms. The summed E-state index contributed by atoms with van der Waals surface area (Å²) in [6.07, 6.45) is -0.894. The summed E-state index contributed by atoms with van der Waals surface area (Å²) < 4.78 is 31.2. The van der Waals surface area contributed by atoms with Gasteiger partial charge in [0.05, 0.1) is 0 Å². The van der Waals surface area contributed by atoms with Crippen molar-refractivity contribution < 1.29 is 28.2 Å². The second-order valence-corrected chi connectivity index (χ2v) is 4.75. The molecule has 0 aliphatic carbocycles. The van der Waals surface area contributed by atoms with Gasteiger partial charge in [0.2, 0.25) is 0 Å². The lowest BCUT2D eigenvalue weighted by Gasteiger charge is -2.19. The molecule has 104 valence electrons. The quantitative estimate of drug-likeness (QED) is 0.868. The number of carbonyl (C=O) groups is 2. The van der Waals surface area contributed by atoms with Gasteiger partial charge in [0.15, 0.2) is 11.6 Å². The fourth-order valence-corrected chi connectivity index (χ4v) is 1.24. The highest BCUT2D eigenvalue weighted by Crippen LogP contribution is 2.19. The van der Waals surface area contributed by atoms with Crippen molar-refractivity contribution in [3.63, 3.8) is 0 Å². The van der Waals surface area contributed by atoms with Crippen molar-refractivity contribution in [3.05, 3.63) is 29.3 Å². The van der Waals surface area contributed by atoms with E-state index in [4.69, 9.17) is 9.84 Å². The van der Waals surface area contributed by atoms with Crippen LogP contribution in [0.5, 0.6) is 0 Å². The van der Waals surface area contributed by atoms with Crippen LogP contribution in [0.4, 0.5) is 19.3 Å². The van der Waals surface area contributed by atoms with Gasteiger partial charge < -0.3 is 9.84 Å². The number of hydrogen-bond donors (Lipinski definition) is 2. The first-order valence-corrected chi connectivity index (χ1v) is 5.32. The molecule has 1 rings (SSSR count). The molecule has 0 saturated heterocycles. The molecule has 0 heterocycles. The van der Waals surface area contributed by atoms with Crippen molar-refractivity contribution in [3.8, 4) is 0 Å². The molecule has 1 aromatic rings. The minimum atomic E-state index is -1.63. The summed E-state index contributed by atoms with van der Waals surface area (Å²) in [4.78, 5) is 22.1. The van der Waals surface area contributed by atoms with Gasteiger partial charge in [-0.1, -0.05) is 0 Å². The molecule has 1 amide bonds. The number of hydrogen-bond acceptors (Lipinski definition) is 3. The average molecular weight is 273 g/mol. The fourth-order valence-electron chi connectivity index (χ4n) is 1.24. The zero-order valence-electron chi connectivity index (χ0n) is 10.6. The summed E-state index contributed by atoms with van der Waals surface area (Å²) in [5.74, 6) is -4.49. The molecule has 0 fully saturated rings. The van der Waals surface area contributed by atoms with Crippen molar-refractivity contribution in [2.75, 3.05) is 5.32 Å². The predicted octanol–water partition coefficient (Wildman–Crippen LogP) is 3.01. The first-order valence-electron chi connectivity index (χ1n) is 5.32. The zero-order valence-corrected chi connectivity index (χ0v) is 10.6. The van der Waals surface area contributed by atoms with Crippen molar-refractivity contribution in [2.45, 2.75) is 26.4 Å². The molecular weight excluding hydrogens is 260 g/mol. The van der Waals surface area contributed by atoms with Crippen LogP contribution >= 0.6 is 0 Å². The largest absolute Gasteiger partial charge is 0.478 e. The van der Waals surface area contributed by atoms with Gasteiger partial charge in [0, 0.05) is 11.8 Å². The van der Waals surface area contributed by atoms with E-state index >= 15 is 0 Å². The summed E-state index contributed by atoms with van der Waals surface area (Å²) >= 11 is 0. The van der Waals surface area contributed by atoms with E-state index in [0.717, 1.165) is 6.07 Å². The number of amides is 1. The highest BCUT2D eigenvalue weighted by atomic mass is 19.2. The molecule has 0 bridgehead atoms. The molecule has 0 unspecified atom stereocenters. The van der Waals surface area contributed by atoms with Gasteiger partial charge in [-0.15, -0.1) is 0 Å². The molecule has 0 aromatic heterocycles. The first-order chi connectivity index (χ1) is 8.60. The highest BCUT2D eigenvalue weighted by Gasteiger charge is 2.20. The summed E-state index contributed by atoms with van der Waals surface area (Å²) in [5, 5.41) is 10.8. The topological polar surface area (TPSA) is 75.6 Å². The number of anilines is 1. The van der Waals surface area contributed by atoms with Crippen molar-refractivity contribution in [1.29, 1.82) is 0 Å². The van der Waals surface area contributed by atoms with Crippen LogP contribution in [-0.2, 0) is 4.74 Å². The Labute approximate surface area is 108 Å². The number of nitrogens with one attached hydrogen (secondary N) is 1. The first kappa shape index (κ1) is 14.9. The zero-order chi connectivity index (χ0) is 14.8. The third-order valence-corrected chi connectivity index (χ3v) is 1.90. The third kappa shape index (κ3) is 4.20. The molecule has 0 aliphatic heterocycles. The molecule has 1 aromatic carbocycles. The van der Waals surface area contributed by atoms with Crippen LogP contribution in [0.1, 0.15) is 31.1 Å². The minimum Gasteiger partial charge on any atom is -0.478 e. The number of carboxylic acid groups (broad SMARTS) is 1. The average Bonchev–Trinajstić information content (AvgIpc) is 2.19. The SMILES string of the molecule is CC(C)(C)OC(=O)Nc1cc(F)c(F)c(C(=O)O)c1. The lowest BCUT2D eigenvalue weighted by Crippen LogP contribution is -2.27. The van der Waals surface area contributed by atoms with E-state index in [0.29, 0.717) is 6.07 Å². The van der Waals surface area contributed by atoms with E-state index in [-0.39, 0.29) is 5.69 Å². The lowest BCUT2D eigenvalue weighted by molar-refractivity contribution is 0.0632. The number of benzene rings is 1. The Kier molecular flexibility index (Phi) is 4.08. The van der Waals surface area contributed by atoms with Crippen LogP contribution in [0.15, 0.2) is 12.1 Å². The van der Waals surface area contributed by atoms with Crippen LogP contribution in [0.2, 0.25) is 0 Å². The Morgan fingerprint density at radius 2 is 1.84 bits per heavy atom. The second kappa shape index (κ2) is 5.21. The molecule has 7 heteroatoms. The molecule has 0 aliphatic rings. The number of rotatable bonds is 2. The summed E-state index contributed by atoms with van der Waals surface area (Å²) in [6.45, 7) is 4.88. The van der Waals surface area contributed by atoms with E-state index in [1.54, 1.807) is 20.8 Å². The normalized spacial score (nSPS) is 11.0. The molecule has 0 saturated carbocycles. The third-order valence-electron chi connectivity index (χ3n) is 1.90. The van der Waals surface area contributed by atoms with Crippen molar-refractivity contribution >= 4 is 17.7 Å². The number of ether oxygens (including phenoxy) is 1. The van der Waals surface area contributed by atoms with Crippen molar-refractivity contribution in [1.82, 2.24) is 0 Å². The number of halogens is 2. The summed E-state index contributed by atoms with van der Waals surface area (Å²) in [7, 11) is 0. The smallest absolute Gasteiger partial charge is 0.412 e. The van der Waals surface area contributed by atoms with Gasteiger partial charge >= 0.3 is 12.1 Å². The van der Waals surface area contributed by atoms with Crippen LogP contribution in [-0.4, -0.2) is 22.8 Å². The van der Waals surface area contributed by atoms with Gasteiger partial charge in [-0.3, -0.25) is 5.32 Å². The predicted molar refractivity (Wildman–Crippen MR) is 63.2 cm³/mol. The second-order valence-electron chi connectivity index (χ2n) is 4.75. The van der Waals surface area contributed by atoms with E-state index in [1.807, 2.05) is 0 Å². The molecule has 0 atom stereocenters. The minimum absolute atomic E-state index is 0.203. The highest BCUT2D eigenvalue weighted by molar-refractivity contribution is 5.91. The van der Waals surface area contributed by atoms with E-state index < -0.39 is 34.9 Å². The maximum Gasteiger partial charge on any atom is 0.412 e. The number of aromatic carboxylic acids is 1. The monoisotopic (exact) mass is 273 g/mol. The molecule has 2 N–H and O–H groups in total. The molecule has 0 radical (unpaired) electrons. The maximum atomic E-state index is 13.2. The number of carboxylic acids is 1. The summed E-state index contributed by atoms with van der Waals surface area (Å²) in [5.41, 5.74) is -1.84. The van der Waals surface area contributed by atoms with E-state index in [2.05, 4.69) is 5.32 Å². The van der Waals surface area contributed by atoms with Gasteiger partial charge in [-0.25, -0.2) is 18.4 Å². The van der Waals surface area contributed by atoms with Crippen molar-refractivity contribution in [2.24, 2.45) is 0 Å². The lowest BCUT2D eigenvalue weighted by atomic mass is 10.2. The summed E-state index contributed by atoms with van der Waals surface area (Å²) in [6, 6.07) is 1.48. The Bertz CT molecular complexity index is 523. The van der Waals surface area contributed by atoms with Crippen LogP contribution in [0, 0.1) is 11.6 Å². The number of carbonyl (C=O) groups excluding carboxylic acids is 1. The molecule has 0 spiro atoms. The van der Waals surface area contributed by atoms with Crippen LogP contribution in [0.25, 0.3) is 0 Å². The van der Waals surface area contributed by atoms with Gasteiger partial charge in [-0.05, 0) is 26.8 Å². The van der Waals surface area contributed by atoms with Crippen LogP contribution < -0.4 is 5.32 Å². The Morgan fingerprint density at radius 1 is 1.26 bits per heavy atom. The van der Waals surface area contributed by atoms with E-state index in [9.17, 15) is 18.4 Å². The molecule has 5 nitrogen and oxygen atoms in total. The molecular formula is C12H13F2NO4.